The van der Waals surface area contributed by atoms with Gasteiger partial charge in [0.15, 0.2) is 0 Å². The van der Waals surface area contributed by atoms with Crippen molar-refractivity contribution in [2.45, 2.75) is 13.8 Å². The number of aryl methyl sites for hydroxylation is 2. The second-order valence-corrected chi connectivity index (χ2v) is 7.83. The smallest absolute Gasteiger partial charge is 0.343 e. The normalized spacial score (nSPS) is 10.8. The molecule has 0 atom stereocenters. The second-order valence-electron chi connectivity index (χ2n) is 7.83. The molecule has 0 saturated heterocycles. The van der Waals surface area contributed by atoms with E-state index in [4.69, 9.17) is 9.47 Å². The maximum atomic E-state index is 12.2. The van der Waals surface area contributed by atoms with Crippen LogP contribution in [0.5, 0.6) is 11.5 Å². The highest BCUT2D eigenvalue weighted by atomic mass is 16.5. The molecular formula is C29H23NO4. The highest BCUT2D eigenvalue weighted by Crippen LogP contribution is 2.20. The van der Waals surface area contributed by atoms with E-state index in [1.54, 1.807) is 66.9 Å². The first kappa shape index (κ1) is 22.7. The summed E-state index contributed by atoms with van der Waals surface area (Å²) in [4.78, 5) is 28.9. The first-order chi connectivity index (χ1) is 16.5. The molecule has 0 aliphatic carbocycles. The Balaban J connectivity index is 1.33. The van der Waals surface area contributed by atoms with Gasteiger partial charge in [-0.05, 0) is 92.2 Å². The van der Waals surface area contributed by atoms with Gasteiger partial charge in [0.05, 0.1) is 16.8 Å². The Bertz CT molecular complexity index is 1200. The minimum atomic E-state index is -0.403. The molecule has 0 N–H and O–H groups in total. The number of nitrogens with zero attached hydrogens (tertiary/aromatic N) is 1. The third kappa shape index (κ3) is 6.04. The van der Waals surface area contributed by atoms with Crippen LogP contribution < -0.4 is 9.47 Å². The van der Waals surface area contributed by atoms with E-state index in [0.29, 0.717) is 28.3 Å². The molecular weight excluding hydrogens is 426 g/mol. The summed E-state index contributed by atoms with van der Waals surface area (Å²) in [6, 6.07) is 28.5. The van der Waals surface area contributed by atoms with Gasteiger partial charge in [-0.25, -0.2) is 9.59 Å². The van der Waals surface area contributed by atoms with Crippen LogP contribution in [-0.4, -0.2) is 18.2 Å². The molecule has 0 aliphatic rings. The van der Waals surface area contributed by atoms with E-state index in [9.17, 15) is 9.59 Å². The predicted molar refractivity (Wildman–Crippen MR) is 132 cm³/mol. The number of benzene rings is 4. The maximum absolute atomic E-state index is 12.2. The van der Waals surface area contributed by atoms with Gasteiger partial charge >= 0.3 is 11.9 Å². The van der Waals surface area contributed by atoms with Crippen LogP contribution in [0.1, 0.15) is 37.4 Å². The lowest BCUT2D eigenvalue weighted by molar-refractivity contribution is 0.0725. The highest BCUT2D eigenvalue weighted by molar-refractivity contribution is 5.92. The molecule has 0 fully saturated rings. The van der Waals surface area contributed by atoms with Crippen LogP contribution in [0, 0.1) is 13.8 Å². The molecule has 0 saturated carbocycles. The van der Waals surface area contributed by atoms with Gasteiger partial charge in [-0.3, -0.25) is 4.99 Å². The number of hydrogen-bond acceptors (Lipinski definition) is 5. The number of carbonyl (C=O) groups is 2. The Hall–Kier alpha value is -4.51. The fraction of sp³-hybridized carbons (Fsp3) is 0.0690. The molecule has 0 radical (unpaired) electrons. The molecule has 168 valence electrons. The van der Waals surface area contributed by atoms with E-state index in [0.717, 1.165) is 16.7 Å². The molecule has 4 aromatic rings. The average Bonchev–Trinajstić information content (AvgIpc) is 2.85. The molecule has 5 nitrogen and oxygen atoms in total. The first-order valence-electron chi connectivity index (χ1n) is 10.8. The van der Waals surface area contributed by atoms with Gasteiger partial charge in [0, 0.05) is 6.21 Å². The Morgan fingerprint density at radius 1 is 0.588 bits per heavy atom. The molecule has 0 heterocycles. The zero-order valence-electron chi connectivity index (χ0n) is 18.9. The Morgan fingerprint density at radius 3 is 1.44 bits per heavy atom. The van der Waals surface area contributed by atoms with Crippen LogP contribution in [0.4, 0.5) is 5.69 Å². The monoisotopic (exact) mass is 449 g/mol. The number of rotatable bonds is 6. The van der Waals surface area contributed by atoms with Gasteiger partial charge in [0.1, 0.15) is 11.5 Å². The first-order valence-corrected chi connectivity index (χ1v) is 10.8. The highest BCUT2D eigenvalue weighted by Gasteiger charge is 2.09. The summed E-state index contributed by atoms with van der Waals surface area (Å²) in [5.74, 6) is 0.107. The summed E-state index contributed by atoms with van der Waals surface area (Å²) < 4.78 is 10.8. The number of hydrogen-bond donors (Lipinski definition) is 0. The van der Waals surface area contributed by atoms with E-state index in [1.165, 1.54) is 0 Å². The summed E-state index contributed by atoms with van der Waals surface area (Å²) >= 11 is 0. The van der Waals surface area contributed by atoms with Crippen molar-refractivity contribution in [1.82, 2.24) is 0 Å². The molecule has 0 bridgehead atoms. The number of aliphatic imine (C=N–C) groups is 1. The van der Waals surface area contributed by atoms with Gasteiger partial charge < -0.3 is 9.47 Å². The van der Waals surface area contributed by atoms with Crippen LogP contribution >= 0.6 is 0 Å². The second kappa shape index (κ2) is 10.4. The number of carbonyl (C=O) groups excluding carboxylic acids is 2. The van der Waals surface area contributed by atoms with Gasteiger partial charge in [0.2, 0.25) is 0 Å². The fourth-order valence-electron chi connectivity index (χ4n) is 3.08. The Morgan fingerprint density at radius 2 is 1.00 bits per heavy atom. The average molecular weight is 450 g/mol. The molecule has 4 aromatic carbocycles. The van der Waals surface area contributed by atoms with Crippen LogP contribution in [-0.2, 0) is 0 Å². The fourth-order valence-corrected chi connectivity index (χ4v) is 3.08. The van der Waals surface area contributed by atoms with Crippen molar-refractivity contribution in [2.75, 3.05) is 0 Å². The summed E-state index contributed by atoms with van der Waals surface area (Å²) in [5, 5.41) is 0. The van der Waals surface area contributed by atoms with Gasteiger partial charge in [-0.15, -0.1) is 0 Å². The van der Waals surface area contributed by atoms with Crippen LogP contribution in [0.15, 0.2) is 102 Å². The number of ether oxygens (including phenoxy) is 2. The molecule has 34 heavy (non-hydrogen) atoms. The predicted octanol–water partition coefficient (Wildman–Crippen LogP) is 6.49. The van der Waals surface area contributed by atoms with Crippen molar-refractivity contribution in [1.29, 1.82) is 0 Å². The van der Waals surface area contributed by atoms with Crippen molar-refractivity contribution in [2.24, 2.45) is 4.99 Å². The minimum absolute atomic E-state index is 0.399. The molecule has 4 rings (SSSR count). The van der Waals surface area contributed by atoms with Crippen molar-refractivity contribution in [3.8, 4) is 11.5 Å². The summed E-state index contributed by atoms with van der Waals surface area (Å²) in [5.41, 5.74) is 4.73. The van der Waals surface area contributed by atoms with E-state index in [1.807, 2.05) is 50.2 Å². The summed E-state index contributed by atoms with van der Waals surface area (Å²) in [6.45, 7) is 3.93. The standard InChI is InChI=1S/C29H23NO4/c1-20-3-9-23(10-4-20)28(31)33-26-15-7-22(8-16-26)19-30-25-13-17-27(18-14-25)34-29(32)24-11-5-21(2)6-12-24/h3-19H,1-2H3. The number of esters is 2. The molecule has 0 unspecified atom stereocenters. The van der Waals surface area contributed by atoms with E-state index >= 15 is 0 Å². The Labute approximate surface area is 198 Å². The van der Waals surface area contributed by atoms with Crippen molar-refractivity contribution < 1.29 is 19.1 Å². The SMILES string of the molecule is Cc1ccc(C(=O)Oc2ccc(C=Nc3ccc(OC(=O)c4ccc(C)cc4)cc3)cc2)cc1. The van der Waals surface area contributed by atoms with Crippen molar-refractivity contribution in [3.63, 3.8) is 0 Å². The molecule has 0 aliphatic heterocycles. The van der Waals surface area contributed by atoms with Gasteiger partial charge in [-0.2, -0.15) is 0 Å². The van der Waals surface area contributed by atoms with Crippen LogP contribution in [0.2, 0.25) is 0 Å². The van der Waals surface area contributed by atoms with E-state index in [-0.39, 0.29) is 0 Å². The maximum Gasteiger partial charge on any atom is 0.343 e. The van der Waals surface area contributed by atoms with E-state index in [2.05, 4.69) is 4.99 Å². The molecule has 0 amide bonds. The van der Waals surface area contributed by atoms with Gasteiger partial charge in [-0.1, -0.05) is 35.4 Å². The third-order valence-electron chi connectivity index (χ3n) is 5.08. The quantitative estimate of drug-likeness (QED) is 0.192. The zero-order chi connectivity index (χ0) is 23.9. The van der Waals surface area contributed by atoms with Crippen molar-refractivity contribution >= 4 is 23.8 Å². The molecule has 0 spiro atoms. The largest absolute Gasteiger partial charge is 0.423 e. The summed E-state index contributed by atoms with van der Waals surface area (Å²) in [6.07, 6.45) is 1.71. The van der Waals surface area contributed by atoms with Crippen LogP contribution in [0.3, 0.4) is 0 Å². The van der Waals surface area contributed by atoms with Gasteiger partial charge in [0.25, 0.3) is 0 Å². The molecule has 5 heteroatoms. The lowest BCUT2D eigenvalue weighted by Gasteiger charge is -2.05. The third-order valence-corrected chi connectivity index (χ3v) is 5.08. The van der Waals surface area contributed by atoms with Crippen LogP contribution in [0.25, 0.3) is 0 Å². The molecule has 0 aromatic heterocycles. The Kier molecular flexibility index (Phi) is 6.94. The van der Waals surface area contributed by atoms with Crippen molar-refractivity contribution in [3.05, 3.63) is 125 Å². The zero-order valence-corrected chi connectivity index (χ0v) is 18.9. The van der Waals surface area contributed by atoms with E-state index < -0.39 is 11.9 Å². The lowest BCUT2D eigenvalue weighted by atomic mass is 10.1. The lowest BCUT2D eigenvalue weighted by Crippen LogP contribution is -2.08. The topological polar surface area (TPSA) is 65.0 Å². The minimum Gasteiger partial charge on any atom is -0.423 e. The summed E-state index contributed by atoms with van der Waals surface area (Å²) in [7, 11) is 0.